The van der Waals surface area contributed by atoms with Crippen LogP contribution in [-0.4, -0.2) is 16.2 Å². The summed E-state index contributed by atoms with van der Waals surface area (Å²) in [6, 6.07) is 106. The van der Waals surface area contributed by atoms with E-state index in [4.69, 9.17) is 0 Å². The van der Waals surface area contributed by atoms with Crippen LogP contribution in [0.5, 0.6) is 0 Å². The predicted molar refractivity (Wildman–Crippen MR) is 305 cm³/mol. The summed E-state index contributed by atoms with van der Waals surface area (Å²) in [5, 5.41) is 0. The Hall–Kier alpha value is -8.94. The molecule has 11 aromatic carbocycles. The Bertz CT molecular complexity index is 3330. The van der Waals surface area contributed by atoms with E-state index in [2.05, 4.69) is 316 Å². The molecule has 0 saturated carbocycles. The van der Waals surface area contributed by atoms with Gasteiger partial charge in [0.15, 0.2) is 0 Å². The Morgan fingerprint density at radius 2 is 0.472 bits per heavy atom. The molecule has 5 nitrogen and oxygen atoms in total. The first-order chi connectivity index (χ1) is 35.8. The Kier molecular flexibility index (Phi) is 11.2. The van der Waals surface area contributed by atoms with Crippen molar-refractivity contribution in [3.05, 3.63) is 291 Å². The standard InChI is InChI=1S/C66H48N5.Ga/c1-9-27-52(28-10-1)67(53-29-11-2-12-30-53)60-43-25-45-62(47-60)70(58-39-21-7-22-40-58)65-49-64(69(56-35-17-5-18-36-56)57-37-19-6-20-38-57)50-66(51-65)71(59-41-23-8-24-42-59)63-46-26-44-61(48-63)68(54-31-13-3-14-32-54)55-33-15-4-16-34-55;/h1-44,47-50H;. The monoisotopic (exact) mass is 979 g/mol. The van der Waals surface area contributed by atoms with Crippen LogP contribution in [0.1, 0.15) is 0 Å². The third kappa shape index (κ3) is 7.71. The van der Waals surface area contributed by atoms with Crippen LogP contribution in [0.15, 0.2) is 291 Å². The first-order valence-electron chi connectivity index (χ1n) is 24.6. The van der Waals surface area contributed by atoms with Gasteiger partial charge in [-0.15, -0.1) is 0 Å². The molecule has 0 bridgehead atoms. The van der Waals surface area contributed by atoms with E-state index in [1.165, 1.54) is 35.1 Å². The third-order valence-electron chi connectivity index (χ3n) is 13.9. The van der Waals surface area contributed by atoms with Crippen molar-refractivity contribution in [1.82, 2.24) is 0 Å². The van der Waals surface area contributed by atoms with Crippen LogP contribution in [0.4, 0.5) is 85.3 Å². The number of hydrogen-bond donors (Lipinski definition) is 0. The first-order valence-corrected chi connectivity index (χ1v) is 28.3. The maximum atomic E-state index is 2.56. The van der Waals surface area contributed by atoms with Crippen molar-refractivity contribution in [3.8, 4) is 0 Å². The minimum absolute atomic E-state index is 1.08. The van der Waals surface area contributed by atoms with E-state index < -0.39 is 16.2 Å². The Morgan fingerprint density at radius 1 is 0.222 bits per heavy atom. The summed E-state index contributed by atoms with van der Waals surface area (Å²) < 4.78 is 4.28. The zero-order valence-electron chi connectivity index (χ0n) is 39.5. The van der Waals surface area contributed by atoms with Crippen LogP contribution in [0, 0.1) is 0 Å². The first kappa shape index (κ1) is 43.1. The molecule has 0 radical (unpaired) electrons. The average Bonchev–Trinajstić information content (AvgIpc) is 3.45. The molecular formula is C66H48GaN5. The molecule has 0 saturated heterocycles. The number of hydrogen-bond acceptors (Lipinski definition) is 5. The number of fused-ring (bicyclic) bond motifs is 4. The van der Waals surface area contributed by atoms with Gasteiger partial charge in [0.25, 0.3) is 0 Å². The fraction of sp³-hybridized carbons (Fsp3) is 0. The molecular weight excluding hydrogens is 932 g/mol. The molecule has 2 aliphatic heterocycles. The summed E-state index contributed by atoms with van der Waals surface area (Å²) in [6.07, 6.45) is 0. The zero-order chi connectivity index (χ0) is 47.8. The SMILES string of the molecule is c1ccc(N(c2ccccc2)c2cc[c]3c(c2)N(c2ccccc2)c2cc(N(c4ccccc4)c4ccccc4)cc4[c]2[Ga]3[c]2ccc(N(c3ccccc3)c3ccccc3)cc2N4c2ccccc2)cc1. The average molecular weight is 981 g/mol. The van der Waals surface area contributed by atoms with Gasteiger partial charge in [0.1, 0.15) is 0 Å². The van der Waals surface area contributed by atoms with E-state index in [9.17, 15) is 0 Å². The molecule has 0 atom stereocenters. The van der Waals surface area contributed by atoms with Crippen molar-refractivity contribution in [1.29, 1.82) is 0 Å². The molecule has 72 heavy (non-hydrogen) atoms. The van der Waals surface area contributed by atoms with Gasteiger partial charge >= 0.3 is 430 Å². The topological polar surface area (TPSA) is 16.2 Å². The number of rotatable bonds is 11. The second-order valence-electron chi connectivity index (χ2n) is 18.2. The van der Waals surface area contributed by atoms with Crippen LogP contribution >= 0.6 is 0 Å². The van der Waals surface area contributed by atoms with E-state index in [1.54, 1.807) is 0 Å². The summed E-state index contributed by atoms with van der Waals surface area (Å²) in [4.78, 5) is 12.3. The number of para-hydroxylation sites is 8. The molecule has 2 heterocycles. The van der Waals surface area contributed by atoms with Gasteiger partial charge in [-0.05, 0) is 0 Å². The van der Waals surface area contributed by atoms with E-state index in [0.29, 0.717) is 0 Å². The molecule has 340 valence electrons. The van der Waals surface area contributed by atoms with Gasteiger partial charge in [-0.25, -0.2) is 0 Å². The van der Waals surface area contributed by atoms with Crippen LogP contribution in [0.3, 0.4) is 0 Å². The van der Waals surface area contributed by atoms with Crippen molar-refractivity contribution in [3.63, 3.8) is 0 Å². The van der Waals surface area contributed by atoms with Crippen LogP contribution in [-0.2, 0) is 0 Å². The van der Waals surface area contributed by atoms with Crippen molar-refractivity contribution < 1.29 is 0 Å². The minimum atomic E-state index is -3.08. The van der Waals surface area contributed by atoms with E-state index >= 15 is 0 Å². The van der Waals surface area contributed by atoms with Gasteiger partial charge < -0.3 is 0 Å². The van der Waals surface area contributed by atoms with Crippen LogP contribution in [0.25, 0.3) is 0 Å². The fourth-order valence-corrected chi connectivity index (χ4v) is 18.4. The summed E-state index contributed by atoms with van der Waals surface area (Å²) in [7, 11) is 0. The van der Waals surface area contributed by atoms with E-state index in [0.717, 1.165) is 62.6 Å². The molecule has 13 rings (SSSR count). The second-order valence-corrected chi connectivity index (χ2v) is 23.8. The molecule has 0 N–H and O–H groups in total. The van der Waals surface area contributed by atoms with Gasteiger partial charge in [0.05, 0.1) is 0 Å². The molecule has 11 aromatic rings. The molecule has 0 spiro atoms. The van der Waals surface area contributed by atoms with Gasteiger partial charge in [-0.1, -0.05) is 0 Å². The van der Waals surface area contributed by atoms with Crippen molar-refractivity contribution in [2.75, 3.05) is 24.5 Å². The van der Waals surface area contributed by atoms with Gasteiger partial charge in [0.2, 0.25) is 0 Å². The molecule has 0 aliphatic carbocycles. The van der Waals surface area contributed by atoms with Crippen LogP contribution in [0.2, 0.25) is 0 Å². The van der Waals surface area contributed by atoms with Crippen molar-refractivity contribution in [2.45, 2.75) is 0 Å². The molecule has 0 unspecified atom stereocenters. The van der Waals surface area contributed by atoms with E-state index in [1.807, 2.05) is 0 Å². The quantitative estimate of drug-likeness (QED) is 0.120. The van der Waals surface area contributed by atoms with E-state index in [-0.39, 0.29) is 0 Å². The third-order valence-corrected chi connectivity index (χ3v) is 21.0. The summed E-state index contributed by atoms with van der Waals surface area (Å²) in [6.45, 7) is 0. The number of anilines is 15. The van der Waals surface area contributed by atoms with Gasteiger partial charge in [-0.2, -0.15) is 0 Å². The van der Waals surface area contributed by atoms with Crippen molar-refractivity contribution in [2.24, 2.45) is 0 Å². The van der Waals surface area contributed by atoms with Crippen LogP contribution < -0.4 is 36.9 Å². The summed E-state index contributed by atoms with van der Waals surface area (Å²) in [5.41, 5.74) is 16.9. The molecule has 0 amide bonds. The Labute approximate surface area is 427 Å². The molecule has 0 aromatic heterocycles. The summed E-state index contributed by atoms with van der Waals surface area (Å²) >= 11 is -3.08. The number of benzene rings is 11. The molecule has 0 fully saturated rings. The Morgan fingerprint density at radius 3 is 0.764 bits per heavy atom. The van der Waals surface area contributed by atoms with Gasteiger partial charge in [-0.3, -0.25) is 0 Å². The molecule has 6 heteroatoms. The Balaban J connectivity index is 1.13. The van der Waals surface area contributed by atoms with Crippen molar-refractivity contribution >= 4 is 114 Å². The van der Waals surface area contributed by atoms with Gasteiger partial charge in [0, 0.05) is 0 Å². The second kappa shape index (κ2) is 18.8. The molecule has 2 aliphatic rings. The fourth-order valence-electron chi connectivity index (χ4n) is 10.9. The summed E-state index contributed by atoms with van der Waals surface area (Å²) in [5.74, 6) is 0. The maximum absolute atomic E-state index is 3.08. The zero-order valence-corrected chi connectivity index (χ0v) is 41.9. The number of nitrogens with zero attached hydrogens (tertiary/aromatic N) is 5. The normalized spacial score (nSPS) is 12.1. The predicted octanol–water partition coefficient (Wildman–Crippen LogP) is 16.2.